The SMILES string of the molecule is O=C1N[C@@]2(O)CCCOC1NC2=O. The van der Waals surface area contributed by atoms with Crippen molar-refractivity contribution in [3.63, 3.8) is 0 Å². The van der Waals surface area contributed by atoms with E-state index in [0.717, 1.165) is 0 Å². The molecule has 0 spiro atoms. The Kier molecular flexibility index (Phi) is 1.74. The Morgan fingerprint density at radius 1 is 1.54 bits per heavy atom. The van der Waals surface area contributed by atoms with Crippen LogP contribution in [-0.4, -0.2) is 35.5 Å². The van der Waals surface area contributed by atoms with E-state index in [9.17, 15) is 14.7 Å². The van der Waals surface area contributed by atoms with Gasteiger partial charge in [-0.1, -0.05) is 0 Å². The van der Waals surface area contributed by atoms with Crippen LogP contribution in [0.4, 0.5) is 0 Å². The molecule has 6 nitrogen and oxygen atoms in total. The van der Waals surface area contributed by atoms with Gasteiger partial charge in [0, 0.05) is 13.0 Å². The molecule has 0 aromatic rings. The highest BCUT2D eigenvalue weighted by Crippen LogP contribution is 2.17. The molecule has 2 amide bonds. The lowest BCUT2D eigenvalue weighted by molar-refractivity contribution is -0.174. The number of fused-ring (bicyclic) bond motifs is 5. The fourth-order valence-electron chi connectivity index (χ4n) is 1.45. The van der Waals surface area contributed by atoms with Crippen molar-refractivity contribution in [3.05, 3.63) is 0 Å². The molecule has 6 heteroatoms. The summed E-state index contributed by atoms with van der Waals surface area (Å²) in [5.74, 6) is -1.10. The molecule has 3 aliphatic rings. The monoisotopic (exact) mass is 186 g/mol. The highest BCUT2D eigenvalue weighted by atomic mass is 16.5. The number of nitrogens with one attached hydrogen (secondary N) is 2. The molecule has 3 fully saturated rings. The first-order chi connectivity index (χ1) is 6.12. The molecule has 3 heterocycles. The van der Waals surface area contributed by atoms with Crippen LogP contribution in [-0.2, 0) is 14.3 Å². The molecule has 13 heavy (non-hydrogen) atoms. The summed E-state index contributed by atoms with van der Waals surface area (Å²) < 4.78 is 5.04. The minimum absolute atomic E-state index is 0.178. The summed E-state index contributed by atoms with van der Waals surface area (Å²) in [6.45, 7) is 0.362. The lowest BCUT2D eigenvalue weighted by Gasteiger charge is -2.37. The maximum absolute atomic E-state index is 11.2. The van der Waals surface area contributed by atoms with Crippen LogP contribution >= 0.6 is 0 Å². The van der Waals surface area contributed by atoms with Gasteiger partial charge in [0.25, 0.3) is 11.8 Å². The van der Waals surface area contributed by atoms with E-state index < -0.39 is 23.8 Å². The van der Waals surface area contributed by atoms with Gasteiger partial charge >= 0.3 is 0 Å². The van der Waals surface area contributed by atoms with Crippen LogP contribution in [0.3, 0.4) is 0 Å². The van der Waals surface area contributed by atoms with Gasteiger partial charge in [-0.25, -0.2) is 0 Å². The van der Waals surface area contributed by atoms with E-state index in [1.165, 1.54) is 0 Å². The number of amides is 2. The van der Waals surface area contributed by atoms with E-state index in [0.29, 0.717) is 13.0 Å². The number of carbonyl (C=O) groups excluding carboxylic acids is 2. The van der Waals surface area contributed by atoms with Gasteiger partial charge < -0.3 is 20.5 Å². The van der Waals surface area contributed by atoms with Crippen molar-refractivity contribution in [2.45, 2.75) is 24.8 Å². The Morgan fingerprint density at radius 3 is 3.08 bits per heavy atom. The van der Waals surface area contributed by atoms with Crippen molar-refractivity contribution in [1.29, 1.82) is 0 Å². The third-order valence-electron chi connectivity index (χ3n) is 2.17. The summed E-state index contributed by atoms with van der Waals surface area (Å²) in [4.78, 5) is 22.4. The second kappa shape index (κ2) is 2.68. The van der Waals surface area contributed by atoms with Crippen LogP contribution in [0.15, 0.2) is 0 Å². The van der Waals surface area contributed by atoms with Crippen LogP contribution in [0.5, 0.6) is 0 Å². The normalized spacial score (nSPS) is 39.0. The highest BCUT2D eigenvalue weighted by molar-refractivity contribution is 5.97. The standard InChI is InChI=1S/C7H10N2O4/c10-4-5-8-6(11)7(12,9-4)2-1-3-13-5/h5,12H,1-3H2,(H,8,11)(H,9,10)/t5?,7-/m1/s1. The first-order valence-corrected chi connectivity index (χ1v) is 4.09. The molecule has 72 valence electrons. The number of rotatable bonds is 0. The van der Waals surface area contributed by atoms with Crippen molar-refractivity contribution >= 4 is 11.8 Å². The van der Waals surface area contributed by atoms with Crippen molar-refractivity contribution in [1.82, 2.24) is 10.6 Å². The molecule has 3 aliphatic heterocycles. The van der Waals surface area contributed by atoms with E-state index in [1.54, 1.807) is 0 Å². The molecule has 3 saturated heterocycles. The summed E-state index contributed by atoms with van der Waals surface area (Å²) in [5, 5.41) is 14.2. The zero-order chi connectivity index (χ0) is 9.47. The lowest BCUT2D eigenvalue weighted by atomic mass is 10.0. The fourth-order valence-corrected chi connectivity index (χ4v) is 1.45. The lowest BCUT2D eigenvalue weighted by Crippen LogP contribution is -2.71. The van der Waals surface area contributed by atoms with Gasteiger partial charge in [-0.05, 0) is 6.42 Å². The highest BCUT2D eigenvalue weighted by Gasteiger charge is 2.46. The van der Waals surface area contributed by atoms with Gasteiger partial charge in [-0.2, -0.15) is 0 Å². The molecule has 3 N–H and O–H groups in total. The molecule has 0 aromatic heterocycles. The Balaban J connectivity index is 2.28. The first-order valence-electron chi connectivity index (χ1n) is 4.09. The average molecular weight is 186 g/mol. The quantitative estimate of drug-likeness (QED) is 0.410. The van der Waals surface area contributed by atoms with E-state index >= 15 is 0 Å². The Labute approximate surface area is 74.2 Å². The van der Waals surface area contributed by atoms with Crippen molar-refractivity contribution in [2.24, 2.45) is 0 Å². The molecule has 0 saturated carbocycles. The fraction of sp³-hybridized carbons (Fsp3) is 0.714. The second-order valence-electron chi connectivity index (χ2n) is 3.18. The van der Waals surface area contributed by atoms with Crippen LogP contribution in [0.25, 0.3) is 0 Å². The minimum atomic E-state index is -1.74. The molecule has 2 atom stereocenters. The summed E-state index contributed by atoms with van der Waals surface area (Å²) in [6, 6.07) is 0. The number of ether oxygens (including phenoxy) is 1. The topological polar surface area (TPSA) is 87.7 Å². The third-order valence-corrected chi connectivity index (χ3v) is 2.17. The van der Waals surface area contributed by atoms with Crippen molar-refractivity contribution in [3.8, 4) is 0 Å². The third kappa shape index (κ3) is 1.27. The van der Waals surface area contributed by atoms with E-state index in [2.05, 4.69) is 10.6 Å². The summed E-state index contributed by atoms with van der Waals surface area (Å²) in [5.41, 5.74) is -1.74. The molecule has 0 aromatic carbocycles. The molecular formula is C7H10N2O4. The Bertz CT molecular complexity index is 267. The number of carbonyl (C=O) groups is 2. The van der Waals surface area contributed by atoms with E-state index in [-0.39, 0.29) is 6.42 Å². The number of piperazine rings is 1. The van der Waals surface area contributed by atoms with Gasteiger partial charge in [0.2, 0.25) is 12.0 Å². The van der Waals surface area contributed by atoms with Gasteiger partial charge in [0.1, 0.15) is 0 Å². The molecule has 3 rings (SSSR count). The number of hydrogen-bond acceptors (Lipinski definition) is 4. The van der Waals surface area contributed by atoms with Crippen LogP contribution in [0.2, 0.25) is 0 Å². The largest absolute Gasteiger partial charge is 0.363 e. The maximum atomic E-state index is 11.2. The van der Waals surface area contributed by atoms with Gasteiger partial charge in [-0.3, -0.25) is 9.59 Å². The predicted octanol–water partition coefficient (Wildman–Crippen LogP) is -1.94. The van der Waals surface area contributed by atoms with Crippen molar-refractivity contribution < 1.29 is 19.4 Å². The molecule has 1 unspecified atom stereocenters. The van der Waals surface area contributed by atoms with E-state index in [4.69, 9.17) is 4.74 Å². The summed E-state index contributed by atoms with van der Waals surface area (Å²) in [7, 11) is 0. The summed E-state index contributed by atoms with van der Waals surface area (Å²) >= 11 is 0. The number of hydrogen-bond donors (Lipinski definition) is 3. The summed E-state index contributed by atoms with van der Waals surface area (Å²) in [6.07, 6.45) is -0.231. The van der Waals surface area contributed by atoms with Crippen LogP contribution in [0.1, 0.15) is 12.8 Å². The van der Waals surface area contributed by atoms with Crippen LogP contribution < -0.4 is 10.6 Å². The molecule has 2 bridgehead atoms. The maximum Gasteiger partial charge on any atom is 0.275 e. The van der Waals surface area contributed by atoms with Crippen molar-refractivity contribution in [2.75, 3.05) is 6.61 Å². The zero-order valence-electron chi connectivity index (χ0n) is 6.87. The second-order valence-corrected chi connectivity index (χ2v) is 3.18. The number of aliphatic hydroxyl groups is 1. The minimum Gasteiger partial charge on any atom is -0.363 e. The van der Waals surface area contributed by atoms with Crippen LogP contribution in [0, 0.1) is 0 Å². The molecule has 0 aliphatic carbocycles. The average Bonchev–Trinajstić information content (AvgIpc) is 2.04. The van der Waals surface area contributed by atoms with Gasteiger partial charge in [0.15, 0.2) is 0 Å². The Hall–Kier alpha value is -1.14. The van der Waals surface area contributed by atoms with Gasteiger partial charge in [0.05, 0.1) is 0 Å². The molecular weight excluding hydrogens is 176 g/mol. The van der Waals surface area contributed by atoms with Gasteiger partial charge in [-0.15, -0.1) is 0 Å². The zero-order valence-corrected chi connectivity index (χ0v) is 6.87. The first kappa shape index (κ1) is 8.46. The van der Waals surface area contributed by atoms with E-state index in [1.807, 2.05) is 0 Å². The Morgan fingerprint density at radius 2 is 2.31 bits per heavy atom. The smallest absolute Gasteiger partial charge is 0.275 e. The predicted molar refractivity (Wildman–Crippen MR) is 40.2 cm³/mol. The molecule has 0 radical (unpaired) electrons.